The largest absolute Gasteiger partial charge is 0.381 e. The average molecular weight is 246 g/mol. The molecule has 2 aliphatic rings. The van der Waals surface area contributed by atoms with E-state index in [0.717, 1.165) is 23.4 Å². The average Bonchev–Trinajstić information content (AvgIpc) is 3.02. The van der Waals surface area contributed by atoms with Crippen LogP contribution in [-0.4, -0.2) is 11.0 Å². The standard InChI is InChI=1S/C14H22N4/c1-9(13-7-10-2-3-11(13)6-10)17-12-4-5-14(18-15)16-8-12/h4-5,8-11,13,17H,2-3,6-7,15H2,1H3,(H,16,18). The Hall–Kier alpha value is -1.29. The Labute approximate surface area is 108 Å². The maximum Gasteiger partial charge on any atom is 0.140 e. The smallest absolute Gasteiger partial charge is 0.140 e. The Kier molecular flexibility index (Phi) is 3.12. The van der Waals surface area contributed by atoms with Crippen LogP contribution in [0.1, 0.15) is 32.6 Å². The number of nitrogens with zero attached hydrogens (tertiary/aromatic N) is 1. The van der Waals surface area contributed by atoms with Crippen molar-refractivity contribution in [3.05, 3.63) is 18.3 Å². The summed E-state index contributed by atoms with van der Waals surface area (Å²) in [7, 11) is 0. The Morgan fingerprint density at radius 2 is 2.22 bits per heavy atom. The molecule has 2 saturated carbocycles. The monoisotopic (exact) mass is 246 g/mol. The van der Waals surface area contributed by atoms with Gasteiger partial charge in [0.15, 0.2) is 0 Å². The maximum atomic E-state index is 5.31. The number of nitrogens with two attached hydrogens (primary N) is 1. The minimum absolute atomic E-state index is 0.541. The van der Waals surface area contributed by atoms with E-state index in [4.69, 9.17) is 5.84 Å². The number of hydrogen-bond donors (Lipinski definition) is 3. The van der Waals surface area contributed by atoms with E-state index >= 15 is 0 Å². The molecule has 4 unspecified atom stereocenters. The predicted molar refractivity (Wildman–Crippen MR) is 74.1 cm³/mol. The van der Waals surface area contributed by atoms with Gasteiger partial charge < -0.3 is 10.7 Å². The Morgan fingerprint density at radius 1 is 1.33 bits per heavy atom. The van der Waals surface area contributed by atoms with Gasteiger partial charge in [-0.05, 0) is 56.1 Å². The zero-order valence-corrected chi connectivity index (χ0v) is 10.9. The minimum atomic E-state index is 0.541. The van der Waals surface area contributed by atoms with Crippen LogP contribution in [0.2, 0.25) is 0 Å². The molecule has 4 nitrogen and oxygen atoms in total. The van der Waals surface area contributed by atoms with E-state index in [9.17, 15) is 0 Å². The van der Waals surface area contributed by atoms with Crippen molar-refractivity contribution in [3.8, 4) is 0 Å². The van der Waals surface area contributed by atoms with E-state index in [1.54, 1.807) is 0 Å². The molecule has 0 aromatic carbocycles. The molecule has 4 heteroatoms. The van der Waals surface area contributed by atoms with Gasteiger partial charge in [0.25, 0.3) is 0 Å². The number of rotatable bonds is 4. The van der Waals surface area contributed by atoms with Gasteiger partial charge >= 0.3 is 0 Å². The van der Waals surface area contributed by atoms with Gasteiger partial charge in [0, 0.05) is 6.04 Å². The molecule has 4 atom stereocenters. The number of fused-ring (bicyclic) bond motifs is 2. The lowest BCUT2D eigenvalue weighted by atomic mass is 9.84. The fourth-order valence-electron chi connectivity index (χ4n) is 3.84. The summed E-state index contributed by atoms with van der Waals surface area (Å²) in [5.74, 6) is 8.81. The van der Waals surface area contributed by atoms with E-state index in [1.165, 1.54) is 25.7 Å². The highest BCUT2D eigenvalue weighted by molar-refractivity contribution is 5.47. The zero-order chi connectivity index (χ0) is 12.5. The fourth-order valence-corrected chi connectivity index (χ4v) is 3.84. The van der Waals surface area contributed by atoms with E-state index in [1.807, 2.05) is 18.3 Å². The quantitative estimate of drug-likeness (QED) is 0.564. The van der Waals surface area contributed by atoms with Crippen molar-refractivity contribution in [2.45, 2.75) is 38.6 Å². The van der Waals surface area contributed by atoms with Crippen LogP contribution in [0.5, 0.6) is 0 Å². The zero-order valence-electron chi connectivity index (χ0n) is 10.9. The second-order valence-electron chi connectivity index (χ2n) is 5.85. The van der Waals surface area contributed by atoms with E-state index < -0.39 is 0 Å². The van der Waals surface area contributed by atoms with Crippen LogP contribution in [0.4, 0.5) is 11.5 Å². The first-order valence-electron chi connectivity index (χ1n) is 6.95. The van der Waals surface area contributed by atoms with Gasteiger partial charge in [-0.2, -0.15) is 0 Å². The highest BCUT2D eigenvalue weighted by Crippen LogP contribution is 2.49. The molecule has 2 fully saturated rings. The molecule has 0 spiro atoms. The van der Waals surface area contributed by atoms with Gasteiger partial charge in [-0.3, -0.25) is 0 Å². The first-order chi connectivity index (χ1) is 8.76. The van der Waals surface area contributed by atoms with Crippen molar-refractivity contribution in [1.29, 1.82) is 0 Å². The van der Waals surface area contributed by atoms with Crippen molar-refractivity contribution >= 4 is 11.5 Å². The van der Waals surface area contributed by atoms with Gasteiger partial charge in [-0.1, -0.05) is 6.42 Å². The summed E-state index contributed by atoms with van der Waals surface area (Å²) in [6.45, 7) is 2.31. The molecule has 1 heterocycles. The number of pyridine rings is 1. The normalized spacial score (nSPS) is 31.3. The summed E-state index contributed by atoms with van der Waals surface area (Å²) in [4.78, 5) is 4.23. The molecule has 0 amide bonds. The summed E-state index contributed by atoms with van der Waals surface area (Å²) in [5.41, 5.74) is 3.63. The van der Waals surface area contributed by atoms with Crippen LogP contribution in [0, 0.1) is 17.8 Å². The molecule has 2 aliphatic carbocycles. The van der Waals surface area contributed by atoms with Gasteiger partial charge in [0.05, 0.1) is 11.9 Å². The summed E-state index contributed by atoms with van der Waals surface area (Å²) in [6.07, 6.45) is 7.63. The van der Waals surface area contributed by atoms with Crippen LogP contribution in [0.15, 0.2) is 18.3 Å². The Balaban J connectivity index is 1.61. The molecular formula is C14H22N4. The number of nitrogen functional groups attached to an aromatic ring is 1. The number of hydrogen-bond acceptors (Lipinski definition) is 4. The molecule has 18 heavy (non-hydrogen) atoms. The lowest BCUT2D eigenvalue weighted by Crippen LogP contribution is -2.29. The Morgan fingerprint density at radius 3 is 2.78 bits per heavy atom. The van der Waals surface area contributed by atoms with Crippen LogP contribution in [0.3, 0.4) is 0 Å². The van der Waals surface area contributed by atoms with Crippen LogP contribution >= 0.6 is 0 Å². The van der Waals surface area contributed by atoms with Crippen molar-refractivity contribution < 1.29 is 0 Å². The third-order valence-electron chi connectivity index (χ3n) is 4.74. The summed E-state index contributed by atoms with van der Waals surface area (Å²) >= 11 is 0. The second kappa shape index (κ2) is 4.76. The summed E-state index contributed by atoms with van der Waals surface area (Å²) in [5, 5.41) is 3.59. The van der Waals surface area contributed by atoms with Crippen molar-refractivity contribution in [2.75, 3.05) is 10.7 Å². The van der Waals surface area contributed by atoms with E-state index in [0.29, 0.717) is 11.9 Å². The third-order valence-corrected chi connectivity index (χ3v) is 4.74. The molecule has 0 saturated heterocycles. The maximum absolute atomic E-state index is 5.31. The van der Waals surface area contributed by atoms with Crippen molar-refractivity contribution in [1.82, 2.24) is 4.98 Å². The minimum Gasteiger partial charge on any atom is -0.381 e. The highest BCUT2D eigenvalue weighted by atomic mass is 15.2. The van der Waals surface area contributed by atoms with Crippen LogP contribution in [-0.2, 0) is 0 Å². The number of hydrazine groups is 1. The summed E-state index contributed by atoms with van der Waals surface area (Å²) < 4.78 is 0. The van der Waals surface area contributed by atoms with Gasteiger partial charge in [-0.15, -0.1) is 0 Å². The predicted octanol–water partition coefficient (Wildman–Crippen LogP) is 2.60. The number of anilines is 2. The topological polar surface area (TPSA) is 63.0 Å². The molecule has 1 aromatic heterocycles. The molecule has 98 valence electrons. The third kappa shape index (κ3) is 2.17. The van der Waals surface area contributed by atoms with Crippen LogP contribution in [0.25, 0.3) is 0 Å². The Bertz CT molecular complexity index is 403. The van der Waals surface area contributed by atoms with Crippen molar-refractivity contribution in [3.63, 3.8) is 0 Å². The molecule has 0 aliphatic heterocycles. The fraction of sp³-hybridized carbons (Fsp3) is 0.643. The molecular weight excluding hydrogens is 224 g/mol. The molecule has 1 aromatic rings. The highest BCUT2D eigenvalue weighted by Gasteiger charge is 2.41. The van der Waals surface area contributed by atoms with Gasteiger partial charge in [-0.25, -0.2) is 10.8 Å². The van der Waals surface area contributed by atoms with E-state index in [-0.39, 0.29) is 0 Å². The van der Waals surface area contributed by atoms with E-state index in [2.05, 4.69) is 22.7 Å². The molecule has 2 bridgehead atoms. The first kappa shape index (κ1) is 11.8. The van der Waals surface area contributed by atoms with Gasteiger partial charge in [0.1, 0.15) is 5.82 Å². The number of aromatic nitrogens is 1. The molecule has 3 rings (SSSR count). The molecule has 0 radical (unpaired) electrons. The second-order valence-corrected chi connectivity index (χ2v) is 5.85. The molecule has 4 N–H and O–H groups in total. The summed E-state index contributed by atoms with van der Waals surface area (Å²) in [6, 6.07) is 4.47. The number of nitrogens with one attached hydrogen (secondary N) is 2. The SMILES string of the molecule is CC(Nc1ccc(NN)nc1)C1CC2CCC1C2. The lowest BCUT2D eigenvalue weighted by Gasteiger charge is -2.29. The van der Waals surface area contributed by atoms with Crippen LogP contribution < -0.4 is 16.6 Å². The van der Waals surface area contributed by atoms with Crippen molar-refractivity contribution in [2.24, 2.45) is 23.6 Å². The lowest BCUT2D eigenvalue weighted by molar-refractivity contribution is 0.304. The van der Waals surface area contributed by atoms with Gasteiger partial charge in [0.2, 0.25) is 0 Å². The first-order valence-corrected chi connectivity index (χ1v) is 6.95.